The second kappa shape index (κ2) is 6.25. The zero-order chi connectivity index (χ0) is 17.5. The lowest BCUT2D eigenvalue weighted by molar-refractivity contribution is -0.140. The zero-order valence-electron chi connectivity index (χ0n) is 13.7. The molecule has 0 bridgehead atoms. The lowest BCUT2D eigenvalue weighted by Gasteiger charge is -2.31. The van der Waals surface area contributed by atoms with Gasteiger partial charge in [-0.05, 0) is 12.8 Å². The molecule has 24 heavy (non-hydrogen) atoms. The Morgan fingerprint density at radius 1 is 1.21 bits per heavy atom. The molecule has 2 aromatic heterocycles. The maximum Gasteiger partial charge on any atom is 0.434 e. The minimum absolute atomic E-state index is 0.0156. The molecule has 9 heteroatoms. The summed E-state index contributed by atoms with van der Waals surface area (Å²) in [5, 5.41) is 12.0. The summed E-state index contributed by atoms with van der Waals surface area (Å²) in [5.41, 5.74) is -0.840. The summed E-state index contributed by atoms with van der Waals surface area (Å²) in [4.78, 5) is 5.93. The molecule has 0 aliphatic carbocycles. The molecule has 3 heterocycles. The second-order valence-electron chi connectivity index (χ2n) is 6.99. The molecule has 1 unspecified atom stereocenters. The molecule has 1 aliphatic rings. The zero-order valence-corrected chi connectivity index (χ0v) is 15.4. The Bertz CT molecular complexity index is 644. The van der Waals surface area contributed by atoms with E-state index in [0.29, 0.717) is 11.6 Å². The summed E-state index contributed by atoms with van der Waals surface area (Å²) in [6, 6.07) is 0. The highest BCUT2D eigenvalue weighted by molar-refractivity contribution is 7.15. The molecule has 2 aromatic rings. The number of halogens is 3. The minimum Gasteiger partial charge on any atom is -0.346 e. The van der Waals surface area contributed by atoms with Crippen molar-refractivity contribution in [2.75, 3.05) is 18.0 Å². The van der Waals surface area contributed by atoms with Crippen molar-refractivity contribution in [2.24, 2.45) is 0 Å². The van der Waals surface area contributed by atoms with E-state index in [1.807, 2.05) is 0 Å². The lowest BCUT2D eigenvalue weighted by atomic mass is 9.98. The number of nitrogens with zero attached hydrogens (tertiary/aromatic N) is 4. The number of alkyl halides is 3. The molecule has 0 spiro atoms. The Labute approximate surface area is 146 Å². The monoisotopic (exact) mass is 376 g/mol. The van der Waals surface area contributed by atoms with Gasteiger partial charge >= 0.3 is 6.18 Å². The average Bonchev–Trinajstić information content (AvgIpc) is 3.16. The van der Waals surface area contributed by atoms with E-state index in [9.17, 15) is 13.2 Å². The third-order valence-corrected chi connectivity index (χ3v) is 6.33. The fourth-order valence-corrected chi connectivity index (χ4v) is 4.50. The molecule has 1 saturated heterocycles. The molecule has 1 fully saturated rings. The highest BCUT2D eigenvalue weighted by Crippen LogP contribution is 2.37. The van der Waals surface area contributed by atoms with Gasteiger partial charge in [0.1, 0.15) is 5.01 Å². The third-order valence-electron chi connectivity index (χ3n) is 3.91. The molecule has 1 aliphatic heterocycles. The van der Waals surface area contributed by atoms with Crippen LogP contribution < -0.4 is 4.90 Å². The number of hydrogen-bond donors (Lipinski definition) is 0. The Morgan fingerprint density at radius 3 is 2.54 bits per heavy atom. The smallest absolute Gasteiger partial charge is 0.346 e. The highest BCUT2D eigenvalue weighted by Gasteiger charge is 2.35. The van der Waals surface area contributed by atoms with Crippen LogP contribution in [0.25, 0.3) is 0 Å². The van der Waals surface area contributed by atoms with Gasteiger partial charge in [-0.25, -0.2) is 4.98 Å². The van der Waals surface area contributed by atoms with Gasteiger partial charge in [0.15, 0.2) is 5.69 Å². The first-order chi connectivity index (χ1) is 11.1. The van der Waals surface area contributed by atoms with E-state index in [-0.39, 0.29) is 11.3 Å². The van der Waals surface area contributed by atoms with Gasteiger partial charge in [-0.2, -0.15) is 13.2 Å². The Balaban J connectivity index is 1.75. The topological polar surface area (TPSA) is 41.9 Å². The van der Waals surface area contributed by atoms with Gasteiger partial charge in [-0.15, -0.1) is 21.5 Å². The Morgan fingerprint density at radius 2 is 1.96 bits per heavy atom. The molecule has 0 aromatic carbocycles. The van der Waals surface area contributed by atoms with Crippen LogP contribution in [0.4, 0.5) is 18.3 Å². The van der Waals surface area contributed by atoms with Crippen LogP contribution in [-0.4, -0.2) is 28.3 Å². The minimum atomic E-state index is -4.37. The SMILES string of the molecule is CC(C)(C)c1nnc(N2CCCC(c3nc(C(F)(F)F)cs3)C2)s1. The molecule has 132 valence electrons. The van der Waals surface area contributed by atoms with Crippen LogP contribution in [-0.2, 0) is 11.6 Å². The van der Waals surface area contributed by atoms with Crippen LogP contribution >= 0.6 is 22.7 Å². The van der Waals surface area contributed by atoms with Crippen molar-refractivity contribution in [3.8, 4) is 0 Å². The number of hydrogen-bond acceptors (Lipinski definition) is 6. The summed E-state index contributed by atoms with van der Waals surface area (Å²) >= 11 is 2.66. The standard InChI is InChI=1S/C15H19F3N4S2/c1-14(2,3)12-20-21-13(24-12)22-6-4-5-9(7-22)11-19-10(8-23-11)15(16,17)18/h8-9H,4-7H2,1-3H3. The van der Waals surface area contributed by atoms with E-state index in [1.165, 1.54) is 0 Å². The normalized spacial score (nSPS) is 19.8. The lowest BCUT2D eigenvalue weighted by Crippen LogP contribution is -2.34. The van der Waals surface area contributed by atoms with Crippen molar-refractivity contribution in [3.05, 3.63) is 21.1 Å². The molecule has 3 rings (SSSR count). The highest BCUT2D eigenvalue weighted by atomic mass is 32.1. The van der Waals surface area contributed by atoms with E-state index in [1.54, 1.807) is 11.3 Å². The van der Waals surface area contributed by atoms with Crippen molar-refractivity contribution >= 4 is 27.8 Å². The predicted octanol–water partition coefficient (Wildman–Crippen LogP) is 4.69. The van der Waals surface area contributed by atoms with Gasteiger partial charge in [0.2, 0.25) is 5.13 Å². The maximum absolute atomic E-state index is 12.7. The van der Waals surface area contributed by atoms with E-state index >= 15 is 0 Å². The first-order valence-corrected chi connectivity index (χ1v) is 9.46. The Hall–Kier alpha value is -1.22. The van der Waals surface area contributed by atoms with E-state index in [0.717, 1.165) is 46.2 Å². The summed E-state index contributed by atoms with van der Waals surface area (Å²) < 4.78 is 38.2. The van der Waals surface area contributed by atoms with Crippen LogP contribution in [0, 0.1) is 0 Å². The van der Waals surface area contributed by atoms with Gasteiger partial charge < -0.3 is 4.90 Å². The molecule has 0 amide bonds. The van der Waals surface area contributed by atoms with Crippen LogP contribution in [0.3, 0.4) is 0 Å². The fourth-order valence-electron chi connectivity index (χ4n) is 2.60. The predicted molar refractivity (Wildman–Crippen MR) is 89.9 cm³/mol. The number of piperidine rings is 1. The van der Waals surface area contributed by atoms with Crippen LogP contribution in [0.5, 0.6) is 0 Å². The summed E-state index contributed by atoms with van der Waals surface area (Å²) in [6.07, 6.45) is -2.60. The van der Waals surface area contributed by atoms with Crippen molar-refractivity contribution in [3.63, 3.8) is 0 Å². The second-order valence-corrected chi connectivity index (χ2v) is 8.84. The van der Waals surface area contributed by atoms with Crippen LogP contribution in [0.1, 0.15) is 55.2 Å². The largest absolute Gasteiger partial charge is 0.434 e. The molecule has 0 saturated carbocycles. The van der Waals surface area contributed by atoms with Crippen molar-refractivity contribution in [1.29, 1.82) is 0 Å². The molecule has 0 radical (unpaired) electrons. The summed E-state index contributed by atoms with van der Waals surface area (Å²) in [7, 11) is 0. The first kappa shape index (κ1) is 17.6. The Kier molecular flexibility index (Phi) is 4.59. The summed E-state index contributed by atoms with van der Waals surface area (Å²) in [5.74, 6) is 0.0156. The maximum atomic E-state index is 12.7. The van der Waals surface area contributed by atoms with E-state index < -0.39 is 11.9 Å². The fraction of sp³-hybridized carbons (Fsp3) is 0.667. The van der Waals surface area contributed by atoms with Crippen molar-refractivity contribution < 1.29 is 13.2 Å². The first-order valence-electron chi connectivity index (χ1n) is 7.76. The summed E-state index contributed by atoms with van der Waals surface area (Å²) in [6.45, 7) is 7.76. The third kappa shape index (κ3) is 3.72. The van der Waals surface area contributed by atoms with Gasteiger partial charge in [0, 0.05) is 29.8 Å². The molecular formula is C15H19F3N4S2. The van der Waals surface area contributed by atoms with E-state index in [2.05, 4.69) is 40.9 Å². The average molecular weight is 376 g/mol. The quantitative estimate of drug-likeness (QED) is 0.762. The number of aromatic nitrogens is 3. The number of thiazole rings is 1. The molecule has 1 atom stereocenters. The van der Waals surface area contributed by atoms with Crippen LogP contribution in [0.2, 0.25) is 0 Å². The van der Waals surface area contributed by atoms with Gasteiger partial charge in [-0.1, -0.05) is 32.1 Å². The number of anilines is 1. The molecule has 4 nitrogen and oxygen atoms in total. The van der Waals surface area contributed by atoms with Crippen molar-refractivity contribution in [1.82, 2.24) is 15.2 Å². The number of rotatable bonds is 2. The van der Waals surface area contributed by atoms with E-state index in [4.69, 9.17) is 0 Å². The van der Waals surface area contributed by atoms with Gasteiger partial charge in [0.05, 0.1) is 5.01 Å². The van der Waals surface area contributed by atoms with Crippen LogP contribution in [0.15, 0.2) is 5.38 Å². The van der Waals surface area contributed by atoms with Gasteiger partial charge in [-0.3, -0.25) is 0 Å². The molecular weight excluding hydrogens is 357 g/mol. The van der Waals surface area contributed by atoms with Gasteiger partial charge in [0.25, 0.3) is 0 Å². The molecule has 0 N–H and O–H groups in total. The van der Waals surface area contributed by atoms with Crippen molar-refractivity contribution in [2.45, 2.75) is 51.1 Å².